The summed E-state index contributed by atoms with van der Waals surface area (Å²) in [5.41, 5.74) is -0.535. The number of rotatable bonds is 7. The first kappa shape index (κ1) is 18.1. The maximum Gasteiger partial charge on any atom is 0.316 e. The van der Waals surface area contributed by atoms with Gasteiger partial charge in [0, 0.05) is 11.1 Å². The highest BCUT2D eigenvalue weighted by atomic mass is 79.9. The molecule has 0 bridgehead atoms. The summed E-state index contributed by atoms with van der Waals surface area (Å²) in [4.78, 5) is 12.2. The van der Waals surface area contributed by atoms with Crippen LogP contribution in [0.1, 0.15) is 32.8 Å². The molecule has 21 heavy (non-hydrogen) atoms. The summed E-state index contributed by atoms with van der Waals surface area (Å²) in [7, 11) is 1.39. The van der Waals surface area contributed by atoms with Gasteiger partial charge in [-0.2, -0.15) is 0 Å². The zero-order valence-electron chi connectivity index (χ0n) is 13.0. The van der Waals surface area contributed by atoms with E-state index in [0.29, 0.717) is 13.0 Å². The molecule has 1 atom stereocenters. The highest BCUT2D eigenvalue weighted by Gasteiger charge is 2.36. The number of hydrogen-bond acceptors (Lipinski definition) is 4. The van der Waals surface area contributed by atoms with Crippen molar-refractivity contribution in [1.29, 1.82) is 0 Å². The largest absolute Gasteiger partial charge is 0.468 e. The number of halogens is 1. The van der Waals surface area contributed by atoms with Gasteiger partial charge in [-0.15, -0.1) is 0 Å². The van der Waals surface area contributed by atoms with Crippen molar-refractivity contribution in [2.24, 2.45) is 0 Å². The highest BCUT2D eigenvalue weighted by Crippen LogP contribution is 2.31. The summed E-state index contributed by atoms with van der Waals surface area (Å²) in [6.45, 7) is 5.74. The Morgan fingerprint density at radius 2 is 2.00 bits per heavy atom. The number of aliphatic hydroxyl groups excluding tert-OH is 1. The van der Waals surface area contributed by atoms with Gasteiger partial charge in [-0.1, -0.05) is 28.1 Å². The van der Waals surface area contributed by atoms with E-state index >= 15 is 0 Å². The van der Waals surface area contributed by atoms with Crippen LogP contribution >= 0.6 is 15.9 Å². The Morgan fingerprint density at radius 1 is 1.33 bits per heavy atom. The fraction of sp³-hybridized carbons (Fsp3) is 0.562. The van der Waals surface area contributed by atoms with Crippen molar-refractivity contribution < 1.29 is 19.4 Å². The van der Waals surface area contributed by atoms with Crippen molar-refractivity contribution in [2.45, 2.75) is 38.2 Å². The Hall–Kier alpha value is -0.910. The van der Waals surface area contributed by atoms with Crippen LogP contribution in [-0.4, -0.2) is 37.0 Å². The van der Waals surface area contributed by atoms with Gasteiger partial charge in [-0.3, -0.25) is 4.79 Å². The monoisotopic (exact) mass is 358 g/mol. The Morgan fingerprint density at radius 3 is 2.52 bits per heavy atom. The lowest BCUT2D eigenvalue weighted by Crippen LogP contribution is -2.37. The minimum atomic E-state index is -0.788. The Balaban J connectivity index is 2.92. The van der Waals surface area contributed by atoms with Gasteiger partial charge in [0.05, 0.1) is 24.7 Å². The minimum absolute atomic E-state index is 0.0706. The van der Waals surface area contributed by atoms with Crippen LogP contribution in [0, 0.1) is 0 Å². The van der Waals surface area contributed by atoms with E-state index in [1.165, 1.54) is 7.11 Å². The number of methoxy groups -OCH3 is 1. The van der Waals surface area contributed by atoms with Gasteiger partial charge in [0.1, 0.15) is 0 Å². The molecule has 0 aliphatic rings. The molecule has 1 aromatic carbocycles. The Bertz CT molecular complexity index is 487. The maximum atomic E-state index is 12.2. The molecule has 1 N–H and O–H groups in total. The van der Waals surface area contributed by atoms with Crippen LogP contribution in [0.4, 0.5) is 0 Å². The molecule has 1 unspecified atom stereocenters. The molecule has 0 amide bonds. The quantitative estimate of drug-likeness (QED) is 0.761. The third-order valence-electron chi connectivity index (χ3n) is 3.57. The first-order chi connectivity index (χ1) is 9.75. The second-order valence-electron chi connectivity index (χ2n) is 5.85. The summed E-state index contributed by atoms with van der Waals surface area (Å²) in [5, 5.41) is 9.21. The predicted molar refractivity (Wildman–Crippen MR) is 85.2 cm³/mol. The average molecular weight is 359 g/mol. The smallest absolute Gasteiger partial charge is 0.316 e. The summed E-state index contributed by atoms with van der Waals surface area (Å²) in [6, 6.07) is 7.61. The highest BCUT2D eigenvalue weighted by molar-refractivity contribution is 9.10. The number of ether oxygens (including phenoxy) is 2. The first-order valence-corrected chi connectivity index (χ1v) is 7.64. The molecule has 1 rings (SSSR count). The van der Waals surface area contributed by atoms with E-state index in [1.807, 2.05) is 45.0 Å². The molecule has 0 radical (unpaired) electrons. The van der Waals surface area contributed by atoms with Crippen molar-refractivity contribution >= 4 is 21.9 Å². The second-order valence-corrected chi connectivity index (χ2v) is 6.77. The average Bonchev–Trinajstić information content (AvgIpc) is 2.46. The number of aliphatic hydroxyl groups is 1. The summed E-state index contributed by atoms with van der Waals surface area (Å²) in [5.74, 6) is -0.300. The Kier molecular flexibility index (Phi) is 6.38. The summed E-state index contributed by atoms with van der Waals surface area (Å²) >= 11 is 3.42. The van der Waals surface area contributed by atoms with Crippen LogP contribution in [0.5, 0.6) is 0 Å². The lowest BCUT2D eigenvalue weighted by Gasteiger charge is -2.30. The molecule has 118 valence electrons. The number of carbonyl (C=O) groups excluding carboxylic acids is 1. The lowest BCUT2D eigenvalue weighted by atomic mass is 9.79. The number of hydrogen-bond donors (Lipinski definition) is 1. The van der Waals surface area contributed by atoms with Crippen LogP contribution in [0.25, 0.3) is 0 Å². The molecule has 0 aliphatic carbocycles. The van der Waals surface area contributed by atoms with Gasteiger partial charge < -0.3 is 14.6 Å². The SMILES string of the molecule is COC(=O)C(C)(CCOC(C)(C)CO)c1cccc(Br)c1. The fourth-order valence-corrected chi connectivity index (χ4v) is 2.40. The molecule has 0 aromatic heterocycles. The molecule has 0 fully saturated rings. The predicted octanol–water partition coefficient (Wildman–Crippen LogP) is 3.06. The molecule has 0 spiro atoms. The van der Waals surface area contributed by atoms with E-state index in [4.69, 9.17) is 9.47 Å². The first-order valence-electron chi connectivity index (χ1n) is 6.84. The van der Waals surface area contributed by atoms with Crippen molar-refractivity contribution in [3.8, 4) is 0 Å². The zero-order chi connectivity index (χ0) is 16.1. The van der Waals surface area contributed by atoms with E-state index in [2.05, 4.69) is 15.9 Å². The van der Waals surface area contributed by atoms with Gasteiger partial charge in [0.2, 0.25) is 0 Å². The molecular weight excluding hydrogens is 336 g/mol. The van der Waals surface area contributed by atoms with Crippen LogP contribution < -0.4 is 0 Å². The third kappa shape index (κ3) is 4.80. The van der Waals surface area contributed by atoms with Crippen molar-refractivity contribution in [1.82, 2.24) is 0 Å². The van der Waals surface area contributed by atoms with E-state index in [9.17, 15) is 9.90 Å². The summed E-state index contributed by atoms with van der Waals surface area (Å²) in [6.07, 6.45) is 0.472. The van der Waals surface area contributed by atoms with Gasteiger partial charge in [-0.05, 0) is 44.9 Å². The van der Waals surface area contributed by atoms with E-state index in [1.54, 1.807) is 0 Å². The standard InChI is InChI=1S/C16H23BrO4/c1-15(2,11-18)21-9-8-16(3,14(19)20-4)12-6-5-7-13(17)10-12/h5-7,10,18H,8-9,11H2,1-4H3. The van der Waals surface area contributed by atoms with Crippen molar-refractivity contribution in [2.75, 3.05) is 20.3 Å². The molecule has 4 nitrogen and oxygen atoms in total. The van der Waals surface area contributed by atoms with Crippen molar-refractivity contribution in [3.05, 3.63) is 34.3 Å². The van der Waals surface area contributed by atoms with Gasteiger partial charge in [-0.25, -0.2) is 0 Å². The molecule has 0 aliphatic heterocycles. The number of esters is 1. The third-order valence-corrected chi connectivity index (χ3v) is 4.07. The summed E-state index contributed by atoms with van der Waals surface area (Å²) < 4.78 is 11.5. The normalized spacial score (nSPS) is 14.6. The molecule has 5 heteroatoms. The fourth-order valence-electron chi connectivity index (χ4n) is 2.00. The van der Waals surface area contributed by atoms with Crippen LogP contribution in [0.2, 0.25) is 0 Å². The number of carbonyl (C=O) groups is 1. The molecule has 0 saturated heterocycles. The lowest BCUT2D eigenvalue weighted by molar-refractivity contribution is -0.148. The van der Waals surface area contributed by atoms with Crippen molar-refractivity contribution in [3.63, 3.8) is 0 Å². The van der Waals surface area contributed by atoms with Crippen LogP contribution in [-0.2, 0) is 19.7 Å². The van der Waals surface area contributed by atoms with E-state index in [0.717, 1.165) is 10.0 Å². The molecule has 0 saturated carbocycles. The van der Waals surface area contributed by atoms with Crippen LogP contribution in [0.3, 0.4) is 0 Å². The minimum Gasteiger partial charge on any atom is -0.468 e. The Labute approximate surface area is 134 Å². The molecular formula is C16H23BrO4. The van der Waals surface area contributed by atoms with Gasteiger partial charge in [0.25, 0.3) is 0 Å². The van der Waals surface area contributed by atoms with Gasteiger partial charge >= 0.3 is 5.97 Å². The molecule has 0 heterocycles. The molecule has 1 aromatic rings. The second kappa shape index (κ2) is 7.38. The topological polar surface area (TPSA) is 55.8 Å². The maximum absolute atomic E-state index is 12.2. The zero-order valence-corrected chi connectivity index (χ0v) is 14.6. The van der Waals surface area contributed by atoms with Crippen LogP contribution in [0.15, 0.2) is 28.7 Å². The number of benzene rings is 1. The van der Waals surface area contributed by atoms with E-state index < -0.39 is 11.0 Å². The van der Waals surface area contributed by atoms with E-state index in [-0.39, 0.29) is 12.6 Å². The van der Waals surface area contributed by atoms with Gasteiger partial charge in [0.15, 0.2) is 0 Å².